The lowest BCUT2D eigenvalue weighted by molar-refractivity contribution is -0.118. The lowest BCUT2D eigenvalue weighted by atomic mass is 10.1. The summed E-state index contributed by atoms with van der Waals surface area (Å²) < 4.78 is 6.31. The molecule has 0 saturated carbocycles. The number of aromatic nitrogens is 2. The van der Waals surface area contributed by atoms with Crippen molar-refractivity contribution in [2.75, 3.05) is 17.8 Å². The number of carbonyl (C=O) groups excluding carboxylic acids is 1. The first-order valence-corrected chi connectivity index (χ1v) is 12.2. The maximum Gasteiger partial charge on any atom is 0.229 e. The van der Waals surface area contributed by atoms with Crippen molar-refractivity contribution >= 4 is 44.4 Å². The Morgan fingerprint density at radius 3 is 2.66 bits per heavy atom. The Labute approximate surface area is 196 Å². The van der Waals surface area contributed by atoms with Crippen LogP contribution in [0.15, 0.2) is 65.8 Å². The quantitative estimate of drug-likeness (QED) is 0.299. The van der Waals surface area contributed by atoms with E-state index < -0.39 is 0 Å². The molecule has 5 nitrogen and oxygen atoms in total. The summed E-state index contributed by atoms with van der Waals surface area (Å²) in [7, 11) is 1.66. The monoisotopic (exact) mass is 463 g/mol. The molecule has 2 heterocycles. The summed E-state index contributed by atoms with van der Waals surface area (Å²) in [4.78, 5) is 25.3. The number of anilines is 1. The molecular weight excluding hydrogens is 438 g/mol. The molecule has 2 aromatic carbocycles. The van der Waals surface area contributed by atoms with Gasteiger partial charge in [0.05, 0.1) is 23.9 Å². The maximum absolute atomic E-state index is 13.3. The highest BCUT2D eigenvalue weighted by molar-refractivity contribution is 7.99. The molecule has 0 aliphatic carbocycles. The molecule has 4 aromatic rings. The van der Waals surface area contributed by atoms with Gasteiger partial charge < -0.3 is 4.74 Å². The average Bonchev–Trinajstić information content (AvgIpc) is 3.26. The van der Waals surface area contributed by atoms with Gasteiger partial charge in [-0.25, -0.2) is 4.98 Å². The van der Waals surface area contributed by atoms with Crippen molar-refractivity contribution in [2.45, 2.75) is 31.7 Å². The third kappa shape index (κ3) is 5.11. The molecule has 0 bridgehead atoms. The Morgan fingerprint density at radius 1 is 1.12 bits per heavy atom. The molecule has 0 N–H and O–H groups in total. The van der Waals surface area contributed by atoms with Gasteiger partial charge in [-0.3, -0.25) is 14.7 Å². The van der Waals surface area contributed by atoms with Crippen LogP contribution in [0.5, 0.6) is 5.75 Å². The fourth-order valence-electron chi connectivity index (χ4n) is 3.33. The van der Waals surface area contributed by atoms with Gasteiger partial charge in [0.15, 0.2) is 5.13 Å². The van der Waals surface area contributed by atoms with Crippen LogP contribution in [0.25, 0.3) is 10.2 Å². The molecule has 4 rings (SSSR count). The first kappa shape index (κ1) is 22.3. The highest BCUT2D eigenvalue weighted by atomic mass is 32.2. The van der Waals surface area contributed by atoms with E-state index >= 15 is 0 Å². The van der Waals surface area contributed by atoms with Crippen LogP contribution in [-0.2, 0) is 11.3 Å². The summed E-state index contributed by atoms with van der Waals surface area (Å²) in [6.45, 7) is 4.63. The number of hydrogen-bond acceptors (Lipinski definition) is 6. The minimum atomic E-state index is 0.0586. The van der Waals surface area contributed by atoms with Gasteiger partial charge >= 0.3 is 0 Å². The fourth-order valence-corrected chi connectivity index (χ4v) is 5.21. The highest BCUT2D eigenvalue weighted by Crippen LogP contribution is 2.33. The van der Waals surface area contributed by atoms with Gasteiger partial charge in [-0.1, -0.05) is 23.5 Å². The summed E-state index contributed by atoms with van der Waals surface area (Å²) in [6.07, 6.45) is 3.96. The van der Waals surface area contributed by atoms with E-state index in [1.54, 1.807) is 47.5 Å². The van der Waals surface area contributed by atoms with Crippen molar-refractivity contribution in [3.63, 3.8) is 0 Å². The third-order valence-electron chi connectivity index (χ3n) is 5.31. The number of thiazole rings is 1. The molecule has 0 radical (unpaired) electrons. The van der Waals surface area contributed by atoms with Crippen LogP contribution in [0.1, 0.15) is 23.1 Å². The standard InChI is InChI=1S/C25H25N3O2S2/c1-17-6-11-22-24(18(17)2)27-25(32-22)28(16-19-5-4-13-26-15-19)23(29)12-14-31-21-9-7-20(30-3)8-10-21/h4-11,13,15H,12,14,16H2,1-3H3. The van der Waals surface area contributed by atoms with Crippen LogP contribution in [0.4, 0.5) is 5.13 Å². The number of rotatable bonds is 8. The van der Waals surface area contributed by atoms with Crippen LogP contribution in [0.2, 0.25) is 0 Å². The van der Waals surface area contributed by atoms with Crippen molar-refractivity contribution in [3.05, 3.63) is 77.6 Å². The molecule has 32 heavy (non-hydrogen) atoms. The van der Waals surface area contributed by atoms with Gasteiger partial charge in [0.1, 0.15) is 5.75 Å². The summed E-state index contributed by atoms with van der Waals surface area (Å²) in [5, 5.41) is 0.733. The number of carbonyl (C=O) groups is 1. The number of fused-ring (bicyclic) bond motifs is 1. The lowest BCUT2D eigenvalue weighted by Gasteiger charge is -2.20. The second kappa shape index (κ2) is 10.1. The van der Waals surface area contributed by atoms with Crippen LogP contribution in [0, 0.1) is 13.8 Å². The Morgan fingerprint density at radius 2 is 1.94 bits per heavy atom. The molecule has 0 atom stereocenters. The SMILES string of the molecule is COc1ccc(SCCC(=O)N(Cc2cccnc2)c2nc3c(C)c(C)ccc3s2)cc1. The minimum absolute atomic E-state index is 0.0586. The van der Waals surface area contributed by atoms with E-state index in [-0.39, 0.29) is 5.91 Å². The fraction of sp³-hybridized carbons (Fsp3) is 0.240. The van der Waals surface area contributed by atoms with Gasteiger partial charge in [-0.05, 0) is 66.9 Å². The molecular formula is C25H25N3O2S2. The van der Waals surface area contributed by atoms with E-state index in [9.17, 15) is 4.79 Å². The highest BCUT2D eigenvalue weighted by Gasteiger charge is 2.21. The summed E-state index contributed by atoms with van der Waals surface area (Å²) >= 11 is 3.23. The van der Waals surface area contributed by atoms with Gasteiger partial charge in [0, 0.05) is 29.5 Å². The van der Waals surface area contributed by atoms with Gasteiger partial charge in [-0.2, -0.15) is 0 Å². The molecule has 0 unspecified atom stereocenters. The molecule has 0 aliphatic heterocycles. The second-order valence-electron chi connectivity index (χ2n) is 7.47. The van der Waals surface area contributed by atoms with E-state index in [0.717, 1.165) is 37.1 Å². The van der Waals surface area contributed by atoms with Crippen LogP contribution < -0.4 is 9.64 Å². The average molecular weight is 464 g/mol. The predicted octanol–water partition coefficient (Wildman–Crippen LogP) is 6.03. The molecule has 2 aromatic heterocycles. The van der Waals surface area contributed by atoms with Gasteiger partial charge in [0.25, 0.3) is 0 Å². The van der Waals surface area contributed by atoms with E-state index in [0.29, 0.717) is 18.7 Å². The minimum Gasteiger partial charge on any atom is -0.497 e. The zero-order valence-electron chi connectivity index (χ0n) is 18.4. The Balaban J connectivity index is 1.53. The number of pyridine rings is 1. The molecule has 7 heteroatoms. The van der Waals surface area contributed by atoms with Gasteiger partial charge in [-0.15, -0.1) is 11.8 Å². The molecule has 0 fully saturated rings. The molecule has 164 valence electrons. The third-order valence-corrected chi connectivity index (χ3v) is 7.37. The number of benzene rings is 2. The topological polar surface area (TPSA) is 55.3 Å². The Hall–Kier alpha value is -2.90. The number of methoxy groups -OCH3 is 1. The Kier molecular flexibility index (Phi) is 7.07. The first-order valence-electron chi connectivity index (χ1n) is 10.4. The zero-order valence-corrected chi connectivity index (χ0v) is 20.0. The summed E-state index contributed by atoms with van der Waals surface area (Å²) in [5.41, 5.74) is 4.32. The summed E-state index contributed by atoms with van der Waals surface area (Å²) in [5.74, 6) is 1.58. The first-order chi connectivity index (χ1) is 15.5. The van der Waals surface area contributed by atoms with Gasteiger partial charge in [0.2, 0.25) is 5.91 Å². The van der Waals surface area contributed by atoms with Crippen LogP contribution in [0.3, 0.4) is 0 Å². The molecule has 1 amide bonds. The van der Waals surface area contributed by atoms with Crippen LogP contribution >= 0.6 is 23.1 Å². The smallest absolute Gasteiger partial charge is 0.229 e. The van der Waals surface area contributed by atoms with Crippen molar-refractivity contribution in [2.24, 2.45) is 0 Å². The molecule has 0 saturated heterocycles. The summed E-state index contributed by atoms with van der Waals surface area (Å²) in [6, 6.07) is 16.0. The maximum atomic E-state index is 13.3. The van der Waals surface area contributed by atoms with E-state index in [4.69, 9.17) is 9.72 Å². The van der Waals surface area contributed by atoms with Crippen molar-refractivity contribution in [1.29, 1.82) is 0 Å². The second-order valence-corrected chi connectivity index (χ2v) is 9.64. The number of ether oxygens (including phenoxy) is 1. The number of thioether (sulfide) groups is 1. The van der Waals surface area contributed by atoms with Crippen molar-refractivity contribution < 1.29 is 9.53 Å². The number of nitrogens with zero attached hydrogens (tertiary/aromatic N) is 3. The number of amides is 1. The van der Waals surface area contributed by atoms with Crippen LogP contribution in [-0.4, -0.2) is 28.7 Å². The largest absolute Gasteiger partial charge is 0.497 e. The number of hydrogen-bond donors (Lipinski definition) is 0. The normalized spacial score (nSPS) is 11.0. The van der Waals surface area contributed by atoms with E-state index in [2.05, 4.69) is 31.0 Å². The zero-order chi connectivity index (χ0) is 22.5. The van der Waals surface area contributed by atoms with E-state index in [1.165, 1.54) is 5.56 Å². The molecule has 0 spiro atoms. The number of aryl methyl sites for hydroxylation is 2. The van der Waals surface area contributed by atoms with E-state index in [1.807, 2.05) is 36.4 Å². The van der Waals surface area contributed by atoms with Crippen molar-refractivity contribution in [1.82, 2.24) is 9.97 Å². The molecule has 0 aliphatic rings. The lowest BCUT2D eigenvalue weighted by Crippen LogP contribution is -2.30. The van der Waals surface area contributed by atoms with Crippen molar-refractivity contribution in [3.8, 4) is 5.75 Å². The predicted molar refractivity (Wildman–Crippen MR) is 133 cm³/mol. The Bertz CT molecular complexity index is 1210.